The summed E-state index contributed by atoms with van der Waals surface area (Å²) in [5.41, 5.74) is 4.70. The van der Waals surface area contributed by atoms with E-state index >= 15 is 0 Å². The number of amides is 2. The number of urea groups is 1. The zero-order chi connectivity index (χ0) is 23.4. The van der Waals surface area contributed by atoms with Gasteiger partial charge in [0.1, 0.15) is 5.75 Å². The molecular weight excluding hydrogens is 418 g/mol. The number of benzene rings is 2. The number of fused-ring (bicyclic) bond motifs is 2. The highest BCUT2D eigenvalue weighted by Gasteiger charge is 2.24. The topological polar surface area (TPSA) is 63.3 Å². The Hall–Kier alpha value is -2.93. The van der Waals surface area contributed by atoms with Gasteiger partial charge in [-0.25, -0.2) is 4.79 Å². The normalized spacial score (nSPS) is 17.7. The third kappa shape index (κ3) is 5.19. The third-order valence-electron chi connectivity index (χ3n) is 6.97. The number of anilines is 1. The number of carbonyl (C=O) groups is 1. The van der Waals surface area contributed by atoms with Crippen LogP contribution in [0.5, 0.6) is 17.2 Å². The van der Waals surface area contributed by atoms with Crippen molar-refractivity contribution in [2.45, 2.75) is 38.1 Å². The zero-order valence-corrected chi connectivity index (χ0v) is 20.1. The minimum atomic E-state index is -0.0534. The molecule has 0 saturated heterocycles. The minimum absolute atomic E-state index is 0.0534. The predicted molar refractivity (Wildman–Crippen MR) is 130 cm³/mol. The molecule has 7 nitrogen and oxygen atoms in total. The van der Waals surface area contributed by atoms with Gasteiger partial charge in [-0.15, -0.1) is 0 Å². The molecule has 4 rings (SSSR count). The van der Waals surface area contributed by atoms with E-state index in [9.17, 15) is 4.79 Å². The van der Waals surface area contributed by atoms with Crippen molar-refractivity contribution in [2.75, 3.05) is 53.3 Å². The summed E-state index contributed by atoms with van der Waals surface area (Å²) in [6.45, 7) is 2.38. The van der Waals surface area contributed by atoms with E-state index in [1.807, 2.05) is 17.0 Å². The fourth-order valence-electron chi connectivity index (χ4n) is 4.92. The van der Waals surface area contributed by atoms with Gasteiger partial charge in [0.25, 0.3) is 0 Å². The first-order chi connectivity index (χ1) is 16.0. The van der Waals surface area contributed by atoms with Gasteiger partial charge in [-0.1, -0.05) is 6.07 Å². The monoisotopic (exact) mass is 453 g/mol. The van der Waals surface area contributed by atoms with Crippen LogP contribution in [0.1, 0.15) is 29.5 Å². The summed E-state index contributed by atoms with van der Waals surface area (Å²) >= 11 is 0. The molecule has 2 aromatic carbocycles. The summed E-state index contributed by atoms with van der Waals surface area (Å²) in [5, 5.41) is 3.05. The van der Waals surface area contributed by atoms with Gasteiger partial charge in [-0.2, -0.15) is 0 Å². The van der Waals surface area contributed by atoms with Crippen LogP contribution in [0.25, 0.3) is 0 Å². The van der Waals surface area contributed by atoms with Crippen LogP contribution in [0.3, 0.4) is 0 Å². The molecule has 0 saturated carbocycles. The average molecular weight is 454 g/mol. The maximum atomic E-state index is 12.8. The fourth-order valence-corrected chi connectivity index (χ4v) is 4.92. The standard InChI is InChI=1S/C26H35N3O4/c1-28(21-8-6-18-7-9-22(31-2)15-20(18)14-21)11-5-12-29-13-10-19-16-24(32-3)25(33-4)17-23(19)27-26(29)30/h7,9,15-17,21H,5-6,8,10-14H2,1-4H3,(H,27,30). The van der Waals surface area contributed by atoms with Gasteiger partial charge in [-0.05, 0) is 80.6 Å². The summed E-state index contributed by atoms with van der Waals surface area (Å²) in [5.74, 6) is 2.24. The van der Waals surface area contributed by atoms with Crippen LogP contribution in [0, 0.1) is 0 Å². The molecule has 33 heavy (non-hydrogen) atoms. The van der Waals surface area contributed by atoms with Crippen LogP contribution in [0.4, 0.5) is 10.5 Å². The summed E-state index contributed by atoms with van der Waals surface area (Å²) < 4.78 is 16.2. The lowest BCUT2D eigenvalue weighted by molar-refractivity contribution is 0.194. The molecule has 1 N–H and O–H groups in total. The lowest BCUT2D eigenvalue weighted by Crippen LogP contribution is -2.40. The molecule has 178 valence electrons. The summed E-state index contributed by atoms with van der Waals surface area (Å²) in [6.07, 6.45) is 5.04. The van der Waals surface area contributed by atoms with E-state index in [0.29, 0.717) is 24.1 Å². The van der Waals surface area contributed by atoms with Gasteiger partial charge in [-0.3, -0.25) is 0 Å². The predicted octanol–water partition coefficient (Wildman–Crippen LogP) is 3.98. The van der Waals surface area contributed by atoms with Gasteiger partial charge in [0.05, 0.1) is 21.3 Å². The number of aryl methyl sites for hydroxylation is 1. The quantitative estimate of drug-likeness (QED) is 0.655. The van der Waals surface area contributed by atoms with E-state index < -0.39 is 0 Å². The smallest absolute Gasteiger partial charge is 0.321 e. The summed E-state index contributed by atoms with van der Waals surface area (Å²) in [4.78, 5) is 17.2. The molecule has 1 atom stereocenters. The van der Waals surface area contributed by atoms with Gasteiger partial charge in [0.15, 0.2) is 11.5 Å². The highest BCUT2D eigenvalue weighted by atomic mass is 16.5. The van der Waals surface area contributed by atoms with E-state index in [1.54, 1.807) is 21.3 Å². The summed E-state index contributed by atoms with van der Waals surface area (Å²) in [6, 6.07) is 10.7. The lowest BCUT2D eigenvalue weighted by atomic mass is 9.87. The SMILES string of the molecule is COc1ccc2c(c1)CC(N(C)CCCN1CCc3cc(OC)c(OC)cc3NC1=O)CC2. The molecule has 0 spiro atoms. The van der Waals surface area contributed by atoms with Crippen molar-refractivity contribution >= 4 is 11.7 Å². The second kappa shape index (κ2) is 10.3. The number of carbonyl (C=O) groups excluding carboxylic acids is 1. The van der Waals surface area contributed by atoms with Crippen LogP contribution in [0.2, 0.25) is 0 Å². The number of rotatable bonds is 8. The van der Waals surface area contributed by atoms with Crippen LogP contribution >= 0.6 is 0 Å². The number of likely N-dealkylation sites (N-methyl/N-ethyl adjacent to an activating group) is 1. The minimum Gasteiger partial charge on any atom is -0.497 e. The average Bonchev–Trinajstić information content (AvgIpc) is 2.99. The number of ether oxygens (including phenoxy) is 3. The van der Waals surface area contributed by atoms with Crippen molar-refractivity contribution in [3.05, 3.63) is 47.0 Å². The first-order valence-corrected chi connectivity index (χ1v) is 11.7. The Labute approximate surface area is 196 Å². The van der Waals surface area contributed by atoms with Gasteiger partial charge < -0.3 is 29.3 Å². The number of nitrogens with zero attached hydrogens (tertiary/aromatic N) is 2. The van der Waals surface area contributed by atoms with Crippen molar-refractivity contribution in [2.24, 2.45) is 0 Å². The fraction of sp³-hybridized carbons (Fsp3) is 0.500. The molecule has 1 heterocycles. The van der Waals surface area contributed by atoms with Crippen molar-refractivity contribution in [3.8, 4) is 17.2 Å². The Morgan fingerprint density at radius 1 is 1.00 bits per heavy atom. The second-order valence-corrected chi connectivity index (χ2v) is 8.90. The maximum Gasteiger partial charge on any atom is 0.321 e. The number of hydrogen-bond acceptors (Lipinski definition) is 5. The Morgan fingerprint density at radius 2 is 1.79 bits per heavy atom. The van der Waals surface area contributed by atoms with Crippen LogP contribution in [0.15, 0.2) is 30.3 Å². The second-order valence-electron chi connectivity index (χ2n) is 8.90. The Bertz CT molecular complexity index is 994. The molecule has 0 fully saturated rings. The Kier molecular flexibility index (Phi) is 7.28. The first kappa shape index (κ1) is 23.2. The number of nitrogens with one attached hydrogen (secondary N) is 1. The van der Waals surface area contributed by atoms with Crippen LogP contribution in [-0.2, 0) is 19.3 Å². The Morgan fingerprint density at radius 3 is 2.55 bits per heavy atom. The van der Waals surface area contributed by atoms with Crippen molar-refractivity contribution in [3.63, 3.8) is 0 Å². The van der Waals surface area contributed by atoms with Gasteiger partial charge in [0.2, 0.25) is 0 Å². The first-order valence-electron chi connectivity index (χ1n) is 11.7. The van der Waals surface area contributed by atoms with Crippen LogP contribution in [-0.4, -0.2) is 69.9 Å². The molecule has 1 unspecified atom stereocenters. The van der Waals surface area contributed by atoms with Crippen molar-refractivity contribution < 1.29 is 19.0 Å². The molecular formula is C26H35N3O4. The highest BCUT2D eigenvalue weighted by molar-refractivity contribution is 5.91. The highest BCUT2D eigenvalue weighted by Crippen LogP contribution is 2.35. The maximum absolute atomic E-state index is 12.8. The van der Waals surface area contributed by atoms with Crippen molar-refractivity contribution in [1.82, 2.24) is 9.80 Å². The molecule has 7 heteroatoms. The molecule has 0 radical (unpaired) electrons. The molecule has 2 aromatic rings. The summed E-state index contributed by atoms with van der Waals surface area (Å²) in [7, 11) is 7.15. The van der Waals surface area contributed by atoms with E-state index in [2.05, 4.69) is 35.5 Å². The molecule has 2 amide bonds. The van der Waals surface area contributed by atoms with Crippen molar-refractivity contribution in [1.29, 1.82) is 0 Å². The largest absolute Gasteiger partial charge is 0.497 e. The van der Waals surface area contributed by atoms with E-state index in [1.165, 1.54) is 17.5 Å². The van der Waals surface area contributed by atoms with E-state index in [0.717, 1.165) is 55.8 Å². The molecule has 1 aliphatic carbocycles. The number of hydrogen-bond donors (Lipinski definition) is 1. The lowest BCUT2D eigenvalue weighted by Gasteiger charge is -2.33. The van der Waals surface area contributed by atoms with E-state index in [4.69, 9.17) is 14.2 Å². The zero-order valence-electron chi connectivity index (χ0n) is 20.1. The Balaban J connectivity index is 1.31. The molecule has 2 aliphatic rings. The molecule has 0 bridgehead atoms. The third-order valence-corrected chi connectivity index (χ3v) is 6.97. The van der Waals surface area contributed by atoms with Crippen LogP contribution < -0.4 is 19.5 Å². The molecule has 1 aliphatic heterocycles. The van der Waals surface area contributed by atoms with Gasteiger partial charge in [0, 0.05) is 30.9 Å². The van der Waals surface area contributed by atoms with E-state index in [-0.39, 0.29) is 6.03 Å². The number of methoxy groups -OCH3 is 3. The molecule has 0 aromatic heterocycles. The van der Waals surface area contributed by atoms with Gasteiger partial charge >= 0.3 is 6.03 Å².